The number of nitriles is 2. The Kier molecular flexibility index (Phi) is 16.3. The van der Waals surface area contributed by atoms with Gasteiger partial charge in [0.25, 0.3) is 11.4 Å². The van der Waals surface area contributed by atoms with Gasteiger partial charge in [-0.05, 0) is 71.0 Å². The molecule has 0 radical (unpaired) electrons. The maximum Gasteiger partial charge on any atom is 0.262 e. The first-order chi connectivity index (χ1) is 23.5. The number of hydrogen-bond donors (Lipinski definition) is 0. The molecule has 0 N–H and O–H groups in total. The van der Waals surface area contributed by atoms with Crippen LogP contribution in [0.5, 0.6) is 5.75 Å². The highest BCUT2D eigenvalue weighted by Crippen LogP contribution is 2.28. The molecule has 0 heterocycles. The molecular formula is C43H44N4O. The van der Waals surface area contributed by atoms with Crippen molar-refractivity contribution < 1.29 is 4.74 Å². The summed E-state index contributed by atoms with van der Waals surface area (Å²) in [4.78, 5) is 6.46. The molecule has 0 spiro atoms. The van der Waals surface area contributed by atoms with Crippen molar-refractivity contribution in [1.29, 1.82) is 10.5 Å². The molecule has 3 aromatic carbocycles. The van der Waals surface area contributed by atoms with E-state index in [1.807, 2.05) is 66.7 Å². The second-order valence-electron chi connectivity index (χ2n) is 11.8. The predicted molar refractivity (Wildman–Crippen MR) is 200 cm³/mol. The third-order valence-electron chi connectivity index (χ3n) is 8.01. The minimum atomic E-state index is 0.0621. The van der Waals surface area contributed by atoms with Gasteiger partial charge in [0.05, 0.1) is 31.9 Å². The summed E-state index contributed by atoms with van der Waals surface area (Å²) in [6, 6.07) is 23.6. The van der Waals surface area contributed by atoms with Crippen molar-refractivity contribution in [3.05, 3.63) is 134 Å². The van der Waals surface area contributed by atoms with Crippen molar-refractivity contribution >= 4 is 36.5 Å². The normalized spacial score (nSPS) is 11.6. The molecule has 5 nitrogen and oxygen atoms in total. The lowest BCUT2D eigenvalue weighted by molar-refractivity contribution is 0.303. The van der Waals surface area contributed by atoms with Gasteiger partial charge in [-0.3, -0.25) is 0 Å². The average molecular weight is 633 g/mol. The van der Waals surface area contributed by atoms with Crippen LogP contribution in [-0.2, 0) is 0 Å². The summed E-state index contributed by atoms with van der Waals surface area (Å²) < 4.78 is 6.40. The first-order valence-corrected chi connectivity index (χ1v) is 16.8. The molecular weight excluding hydrogens is 589 g/mol. The molecule has 0 aliphatic carbocycles. The van der Waals surface area contributed by atoms with Crippen LogP contribution in [0.4, 0.5) is 0 Å². The van der Waals surface area contributed by atoms with Crippen LogP contribution in [0, 0.1) is 42.7 Å². The van der Waals surface area contributed by atoms with E-state index in [9.17, 15) is 0 Å². The lowest BCUT2D eigenvalue weighted by Crippen LogP contribution is -2.00. The van der Waals surface area contributed by atoms with Gasteiger partial charge in [-0.2, -0.15) is 0 Å². The molecule has 0 saturated heterocycles. The van der Waals surface area contributed by atoms with E-state index in [4.69, 9.17) is 28.4 Å². The number of allylic oxidation sites excluding steroid dienone is 2. The fraction of sp³-hybridized carbons (Fsp3) is 0.302. The zero-order valence-electron chi connectivity index (χ0n) is 28.2. The highest BCUT2D eigenvalue weighted by atomic mass is 16.5. The Morgan fingerprint density at radius 2 is 1.06 bits per heavy atom. The van der Waals surface area contributed by atoms with Crippen LogP contribution in [0.2, 0.25) is 0 Å². The van der Waals surface area contributed by atoms with Gasteiger partial charge in [0.1, 0.15) is 5.75 Å². The average Bonchev–Trinajstić information content (AvgIpc) is 3.12. The van der Waals surface area contributed by atoms with Crippen molar-refractivity contribution in [2.24, 2.45) is 0 Å². The van der Waals surface area contributed by atoms with E-state index in [-0.39, 0.29) is 11.4 Å². The second kappa shape index (κ2) is 21.2. The van der Waals surface area contributed by atoms with Gasteiger partial charge in [-0.25, -0.2) is 20.2 Å². The van der Waals surface area contributed by atoms with Crippen molar-refractivity contribution in [3.63, 3.8) is 0 Å². The Labute approximate surface area is 287 Å². The monoisotopic (exact) mass is 632 g/mol. The Balaban J connectivity index is 1.73. The summed E-state index contributed by atoms with van der Waals surface area (Å²) in [5.41, 5.74) is 6.97. The third-order valence-corrected chi connectivity index (χ3v) is 8.01. The van der Waals surface area contributed by atoms with Gasteiger partial charge >= 0.3 is 0 Å². The Morgan fingerprint density at radius 3 is 1.52 bits per heavy atom. The number of benzene rings is 3. The molecule has 48 heavy (non-hydrogen) atoms. The quantitative estimate of drug-likeness (QED) is 0.0606. The number of rotatable bonds is 18. The Morgan fingerprint density at radius 1 is 0.625 bits per heavy atom. The lowest BCUT2D eigenvalue weighted by atomic mass is 10.0. The minimum Gasteiger partial charge on any atom is -0.493 e. The molecule has 0 fully saturated rings. The standard InChI is InChI=1S/C43H44N4O/c1-5-6-7-8-9-10-11-12-13-14-27-48-43-31-39(25-23-35-15-19-37(20-16-35)29-41(32-44)46-3)34(2)28-40(43)26-24-36-17-21-38(22-18-36)30-42(33-45)47-4/h15-26,28-31H,5-14,27H2,1-2H3/b25-23+,26-24+,41-29+,42-30-. The molecule has 0 unspecified atom stereocenters. The van der Waals surface area contributed by atoms with Gasteiger partial charge in [0.2, 0.25) is 0 Å². The molecule has 0 amide bonds. The van der Waals surface area contributed by atoms with Gasteiger partial charge in [-0.15, -0.1) is 0 Å². The molecule has 0 bridgehead atoms. The van der Waals surface area contributed by atoms with E-state index in [0.717, 1.165) is 57.5 Å². The van der Waals surface area contributed by atoms with Gasteiger partial charge in [0.15, 0.2) is 0 Å². The number of hydrogen-bond acceptors (Lipinski definition) is 3. The largest absolute Gasteiger partial charge is 0.493 e. The number of unbranched alkanes of at least 4 members (excludes halogenated alkanes) is 9. The van der Waals surface area contributed by atoms with E-state index in [0.29, 0.717) is 6.61 Å². The van der Waals surface area contributed by atoms with Crippen LogP contribution in [0.3, 0.4) is 0 Å². The molecule has 5 heteroatoms. The van der Waals surface area contributed by atoms with E-state index in [1.165, 1.54) is 51.4 Å². The van der Waals surface area contributed by atoms with Gasteiger partial charge in [-0.1, -0.05) is 138 Å². The van der Waals surface area contributed by atoms with Crippen molar-refractivity contribution in [3.8, 4) is 17.9 Å². The summed E-state index contributed by atoms with van der Waals surface area (Å²) in [5, 5.41) is 18.1. The van der Waals surface area contributed by atoms with E-state index >= 15 is 0 Å². The smallest absolute Gasteiger partial charge is 0.262 e. The topological polar surface area (TPSA) is 65.5 Å². The van der Waals surface area contributed by atoms with Crippen LogP contribution in [-0.4, -0.2) is 6.61 Å². The van der Waals surface area contributed by atoms with E-state index < -0.39 is 0 Å². The molecule has 3 rings (SSSR count). The van der Waals surface area contributed by atoms with Crippen molar-refractivity contribution in [1.82, 2.24) is 0 Å². The van der Waals surface area contributed by atoms with E-state index in [2.05, 4.69) is 53.9 Å². The Hall–Kier alpha value is -5.62. The molecule has 0 atom stereocenters. The molecule has 0 aliphatic heterocycles. The summed E-state index contributed by atoms with van der Waals surface area (Å²) in [6.07, 6.45) is 24.2. The second-order valence-corrected chi connectivity index (χ2v) is 11.8. The molecule has 0 saturated carbocycles. The summed E-state index contributed by atoms with van der Waals surface area (Å²) in [6.45, 7) is 19.2. The van der Waals surface area contributed by atoms with E-state index in [1.54, 1.807) is 12.2 Å². The molecule has 242 valence electrons. The highest BCUT2D eigenvalue weighted by Gasteiger charge is 2.07. The maximum absolute atomic E-state index is 9.04. The van der Waals surface area contributed by atoms with Gasteiger partial charge < -0.3 is 4.74 Å². The molecule has 0 aromatic heterocycles. The minimum absolute atomic E-state index is 0.0621. The fourth-order valence-corrected chi connectivity index (χ4v) is 5.21. The predicted octanol–water partition coefficient (Wildman–Crippen LogP) is 12.2. The highest BCUT2D eigenvalue weighted by molar-refractivity contribution is 5.78. The van der Waals surface area contributed by atoms with Crippen molar-refractivity contribution in [2.45, 2.75) is 78.1 Å². The lowest BCUT2D eigenvalue weighted by Gasteiger charge is -2.13. The summed E-state index contributed by atoms with van der Waals surface area (Å²) in [5.74, 6) is 0.839. The first kappa shape index (κ1) is 36.8. The van der Waals surface area contributed by atoms with Crippen LogP contribution in [0.25, 0.3) is 46.1 Å². The molecule has 0 aliphatic rings. The van der Waals surface area contributed by atoms with Gasteiger partial charge in [0, 0.05) is 5.56 Å². The van der Waals surface area contributed by atoms with Crippen LogP contribution >= 0.6 is 0 Å². The van der Waals surface area contributed by atoms with Crippen LogP contribution in [0.1, 0.15) is 110 Å². The zero-order valence-corrected chi connectivity index (χ0v) is 28.2. The van der Waals surface area contributed by atoms with Crippen molar-refractivity contribution in [2.75, 3.05) is 6.61 Å². The SMILES string of the molecule is [C-]#[N+]/C(C#N)=C\c1ccc(/C=C/c2cc(C)c(/C=C/c3ccc(/C=C(\C#N)[N+]#[C-])cc3)cc2OCCCCCCCCCCCC)cc1. The number of aryl methyl sites for hydroxylation is 1. The van der Waals surface area contributed by atoms with Crippen LogP contribution < -0.4 is 4.74 Å². The fourth-order valence-electron chi connectivity index (χ4n) is 5.21. The number of nitrogens with zero attached hydrogens (tertiary/aromatic N) is 4. The summed E-state index contributed by atoms with van der Waals surface area (Å²) >= 11 is 0. The zero-order chi connectivity index (χ0) is 34.4. The number of ether oxygens (including phenoxy) is 1. The third kappa shape index (κ3) is 13.0. The van der Waals surface area contributed by atoms with Crippen LogP contribution in [0.15, 0.2) is 72.1 Å². The maximum atomic E-state index is 9.04. The molecule has 3 aromatic rings. The summed E-state index contributed by atoms with van der Waals surface area (Å²) in [7, 11) is 0. The first-order valence-electron chi connectivity index (χ1n) is 16.8. The Bertz CT molecular complexity index is 1730.